The van der Waals surface area contributed by atoms with Gasteiger partial charge in [0.15, 0.2) is 16.2 Å². The molecule has 0 spiro atoms. The van der Waals surface area contributed by atoms with Gasteiger partial charge < -0.3 is 28.4 Å². The first kappa shape index (κ1) is 25.7. The van der Waals surface area contributed by atoms with E-state index in [0.29, 0.717) is 0 Å². The van der Waals surface area contributed by atoms with Crippen LogP contribution in [0.15, 0.2) is 30.3 Å². The van der Waals surface area contributed by atoms with Gasteiger partial charge >= 0.3 is 0 Å². The minimum atomic E-state index is -0.974. The summed E-state index contributed by atoms with van der Waals surface area (Å²) in [5.74, 6) is 0. The summed E-state index contributed by atoms with van der Waals surface area (Å²) in [5, 5.41) is 0. The van der Waals surface area contributed by atoms with Gasteiger partial charge in [0.25, 0.3) is 0 Å². The maximum absolute atomic E-state index is 6.24. The standard InChI is InChI=1S/C19H38O6Si3/c1-20-17(21-2,26-7)16(15-13-11-10-12-14-15,18(22-3,23-4)27-8)19(24-5,25-6)28-9/h10-14H,26-28H2,1-9H3. The first-order valence-corrected chi connectivity index (χ1v) is 16.1. The van der Waals surface area contributed by atoms with Gasteiger partial charge in [-0.25, -0.2) is 0 Å². The summed E-state index contributed by atoms with van der Waals surface area (Å²) in [6, 6.07) is 10.2. The molecule has 0 aromatic heterocycles. The predicted octanol–water partition coefficient (Wildman–Crippen LogP) is 0.415. The van der Waals surface area contributed by atoms with Gasteiger partial charge in [0.1, 0.15) is 5.41 Å². The van der Waals surface area contributed by atoms with Crippen molar-refractivity contribution in [3.05, 3.63) is 35.9 Å². The molecule has 0 bridgehead atoms. The van der Waals surface area contributed by atoms with Crippen LogP contribution in [0.3, 0.4) is 0 Å². The van der Waals surface area contributed by atoms with Gasteiger partial charge in [-0.2, -0.15) is 0 Å². The molecule has 0 atom stereocenters. The molecule has 0 N–H and O–H groups in total. The predicted molar refractivity (Wildman–Crippen MR) is 122 cm³/mol. The second kappa shape index (κ2) is 10.6. The van der Waals surface area contributed by atoms with Gasteiger partial charge in [-0.05, 0) is 5.56 Å². The minimum Gasteiger partial charge on any atom is -0.356 e. The van der Waals surface area contributed by atoms with Crippen LogP contribution in [0.2, 0.25) is 19.6 Å². The van der Waals surface area contributed by atoms with Crippen LogP contribution in [-0.2, 0) is 33.8 Å². The third-order valence-corrected chi connectivity index (χ3v) is 12.4. The summed E-state index contributed by atoms with van der Waals surface area (Å²) < 4.78 is 37.5. The molecule has 0 amide bonds. The van der Waals surface area contributed by atoms with Gasteiger partial charge in [-0.15, -0.1) is 0 Å². The van der Waals surface area contributed by atoms with Crippen molar-refractivity contribution in [1.29, 1.82) is 0 Å². The molecule has 1 aromatic rings. The van der Waals surface area contributed by atoms with Crippen LogP contribution < -0.4 is 0 Å². The number of ether oxygens (including phenoxy) is 6. The van der Waals surface area contributed by atoms with Crippen LogP contribution >= 0.6 is 0 Å². The molecule has 1 rings (SSSR count). The summed E-state index contributed by atoms with van der Waals surface area (Å²) >= 11 is 0. The second-order valence-corrected chi connectivity index (χ2v) is 11.6. The van der Waals surface area contributed by atoms with Crippen LogP contribution in [0.25, 0.3) is 0 Å². The Balaban J connectivity index is 4.33. The zero-order valence-corrected chi connectivity index (χ0v) is 23.2. The molecule has 6 nitrogen and oxygen atoms in total. The molecule has 162 valence electrons. The maximum atomic E-state index is 6.24. The Kier molecular flexibility index (Phi) is 9.71. The summed E-state index contributed by atoms with van der Waals surface area (Å²) in [4.78, 5) is 0. The van der Waals surface area contributed by atoms with E-state index in [4.69, 9.17) is 28.4 Å². The lowest BCUT2D eigenvalue weighted by atomic mass is 9.75. The minimum absolute atomic E-state index is 0.962. The Morgan fingerprint density at radius 3 is 1.04 bits per heavy atom. The number of rotatable bonds is 13. The molecule has 1 aromatic carbocycles. The Bertz CT molecular complexity index is 499. The summed E-state index contributed by atoms with van der Waals surface area (Å²) in [6.07, 6.45) is 0. The average molecular weight is 447 g/mol. The highest BCUT2D eigenvalue weighted by molar-refractivity contribution is 6.44. The molecule has 0 heterocycles. The molecule has 0 aliphatic rings. The Labute approximate surface area is 177 Å². The molecule has 0 aliphatic heterocycles. The second-order valence-electron chi connectivity index (χ2n) is 6.66. The summed E-state index contributed by atoms with van der Waals surface area (Å²) in [6.45, 7) is 6.52. The van der Waals surface area contributed by atoms with Crippen molar-refractivity contribution in [2.45, 2.75) is 41.3 Å². The van der Waals surface area contributed by atoms with Crippen molar-refractivity contribution in [3.63, 3.8) is 0 Å². The third-order valence-electron chi connectivity index (χ3n) is 6.30. The maximum Gasteiger partial charge on any atom is 0.162 e. The molecule has 0 aliphatic carbocycles. The highest BCUT2D eigenvalue weighted by Crippen LogP contribution is 2.55. The van der Waals surface area contributed by atoms with Crippen LogP contribution in [0.4, 0.5) is 0 Å². The fourth-order valence-corrected chi connectivity index (χ4v) is 11.3. The van der Waals surface area contributed by atoms with Gasteiger partial charge in [0, 0.05) is 42.7 Å². The van der Waals surface area contributed by atoms with Crippen molar-refractivity contribution in [2.24, 2.45) is 0 Å². The zero-order valence-electron chi connectivity index (χ0n) is 19.0. The highest BCUT2D eigenvalue weighted by Gasteiger charge is 2.75. The Morgan fingerprint density at radius 1 is 0.536 bits per heavy atom. The van der Waals surface area contributed by atoms with Crippen molar-refractivity contribution >= 4 is 28.6 Å². The number of hydrogen-bond donors (Lipinski definition) is 0. The largest absolute Gasteiger partial charge is 0.356 e. The number of hydrogen-bond acceptors (Lipinski definition) is 6. The molecule has 28 heavy (non-hydrogen) atoms. The topological polar surface area (TPSA) is 55.4 Å². The van der Waals surface area contributed by atoms with Crippen molar-refractivity contribution in [1.82, 2.24) is 0 Å². The van der Waals surface area contributed by atoms with E-state index in [0.717, 1.165) is 5.56 Å². The highest BCUT2D eigenvalue weighted by atomic mass is 28.2. The lowest BCUT2D eigenvalue weighted by molar-refractivity contribution is -0.356. The van der Waals surface area contributed by atoms with E-state index >= 15 is 0 Å². The van der Waals surface area contributed by atoms with E-state index in [1.807, 2.05) is 18.2 Å². The zero-order chi connectivity index (χ0) is 21.5. The van der Waals surface area contributed by atoms with Gasteiger partial charge in [0.2, 0.25) is 0 Å². The first-order valence-electron chi connectivity index (χ1n) is 9.77. The summed E-state index contributed by atoms with van der Waals surface area (Å²) in [7, 11) is 7.27. The fourth-order valence-electron chi connectivity index (χ4n) is 5.05. The van der Waals surface area contributed by atoms with E-state index in [9.17, 15) is 0 Å². The lowest BCUT2D eigenvalue weighted by Crippen LogP contribution is -2.82. The van der Waals surface area contributed by atoms with Crippen LogP contribution in [-0.4, -0.2) is 87.4 Å². The smallest absolute Gasteiger partial charge is 0.162 e. The molecule has 0 saturated carbocycles. The fraction of sp³-hybridized carbons (Fsp3) is 0.684. The monoisotopic (exact) mass is 446 g/mol. The molecule has 0 unspecified atom stereocenters. The van der Waals surface area contributed by atoms with Crippen LogP contribution in [0.1, 0.15) is 5.56 Å². The molecule has 0 fully saturated rings. The van der Waals surface area contributed by atoms with Crippen molar-refractivity contribution in [2.75, 3.05) is 42.7 Å². The summed E-state index contributed by atoms with van der Waals surface area (Å²) in [5.41, 5.74) is -2.91. The van der Waals surface area contributed by atoms with Crippen molar-refractivity contribution in [3.8, 4) is 0 Å². The Morgan fingerprint density at radius 2 is 0.821 bits per heavy atom. The van der Waals surface area contributed by atoms with Crippen LogP contribution in [0, 0.1) is 0 Å². The van der Waals surface area contributed by atoms with E-state index in [-0.39, 0.29) is 0 Å². The average Bonchev–Trinajstić information content (AvgIpc) is 2.78. The molecule has 0 radical (unpaired) electrons. The molecular formula is C19H38O6Si3. The lowest BCUT2D eigenvalue weighted by Gasteiger charge is -2.63. The quantitative estimate of drug-likeness (QED) is 0.323. The molecular weight excluding hydrogens is 408 g/mol. The van der Waals surface area contributed by atoms with Crippen LogP contribution in [0.5, 0.6) is 0 Å². The molecule has 9 heteroatoms. The third kappa shape index (κ3) is 3.40. The number of methoxy groups -OCH3 is 6. The van der Waals surface area contributed by atoms with Gasteiger partial charge in [-0.1, -0.05) is 50.0 Å². The molecule has 0 saturated heterocycles. The van der Waals surface area contributed by atoms with E-state index < -0.39 is 50.2 Å². The SMILES string of the molecule is COC(OC)([SiH2]C)C(c1ccccc1)(C(OC)(OC)[SiH2]C)C(OC)(OC)[SiH2]C. The first-order chi connectivity index (χ1) is 13.4. The van der Waals surface area contributed by atoms with Gasteiger partial charge in [0.05, 0.1) is 28.6 Å². The van der Waals surface area contributed by atoms with E-state index in [1.165, 1.54) is 0 Å². The van der Waals surface area contributed by atoms with E-state index in [1.54, 1.807) is 42.7 Å². The number of benzene rings is 1. The Hall–Kier alpha value is -0.369. The van der Waals surface area contributed by atoms with E-state index in [2.05, 4.69) is 31.8 Å². The van der Waals surface area contributed by atoms with Gasteiger partial charge in [-0.3, -0.25) is 0 Å². The normalized spacial score (nSPS) is 16.8. The van der Waals surface area contributed by atoms with Crippen molar-refractivity contribution < 1.29 is 28.4 Å².